The van der Waals surface area contributed by atoms with Crippen molar-refractivity contribution < 1.29 is 0 Å². The monoisotopic (exact) mass is 569 g/mol. The average Bonchev–Trinajstić information content (AvgIpc) is 3.59. The molecule has 8 rings (SSSR count). The molecule has 43 heavy (non-hydrogen) atoms. The first-order valence-electron chi connectivity index (χ1n) is 14.4. The summed E-state index contributed by atoms with van der Waals surface area (Å²) in [6.07, 6.45) is 0. The van der Waals surface area contributed by atoms with E-state index >= 15 is 0 Å². The van der Waals surface area contributed by atoms with E-state index in [-0.39, 0.29) is 0 Å². The number of benzene rings is 6. The Morgan fingerprint density at radius 1 is 0.465 bits per heavy atom. The number of para-hydroxylation sites is 2. The second kappa shape index (κ2) is 10.5. The van der Waals surface area contributed by atoms with Crippen molar-refractivity contribution in [3.63, 3.8) is 0 Å². The van der Waals surface area contributed by atoms with Gasteiger partial charge in [-0.15, -0.1) is 0 Å². The Kier molecular flexibility index (Phi) is 6.20. The smallest absolute Gasteiger partial charge is 0.173 e. The zero-order valence-electron chi connectivity index (χ0n) is 23.3. The molecule has 0 amide bonds. The summed E-state index contributed by atoms with van der Waals surface area (Å²) < 4.78 is 4.68. The van der Waals surface area contributed by atoms with Crippen molar-refractivity contribution in [2.45, 2.75) is 5.41 Å². The Hall–Kier alpha value is -5.32. The van der Waals surface area contributed by atoms with Gasteiger partial charge in [0.1, 0.15) is 5.01 Å². The van der Waals surface area contributed by atoms with Gasteiger partial charge in [-0.25, -0.2) is 4.98 Å². The highest BCUT2D eigenvalue weighted by Gasteiger charge is 2.46. The van der Waals surface area contributed by atoms with Crippen LogP contribution in [0.25, 0.3) is 22.0 Å². The van der Waals surface area contributed by atoms with Gasteiger partial charge in [-0.3, -0.25) is 0 Å². The summed E-state index contributed by atoms with van der Waals surface area (Å²) in [6, 6.07) is 58.3. The predicted octanol–water partition coefficient (Wildman–Crippen LogP) is 10.0. The van der Waals surface area contributed by atoms with Crippen molar-refractivity contribution in [3.8, 4) is 22.0 Å². The third-order valence-corrected chi connectivity index (χ3v) is 9.11. The number of hydrogen-bond acceptors (Lipinski definition) is 4. The highest BCUT2D eigenvalue weighted by Crippen LogP contribution is 2.57. The van der Waals surface area contributed by atoms with Crippen molar-refractivity contribution in [2.75, 3.05) is 4.90 Å². The normalized spacial score (nSPS) is 13.3. The van der Waals surface area contributed by atoms with E-state index in [1.807, 2.05) is 18.2 Å². The minimum Gasteiger partial charge on any atom is -0.310 e. The second-order valence-corrected chi connectivity index (χ2v) is 11.4. The molecule has 204 valence electrons. The lowest BCUT2D eigenvalue weighted by atomic mass is 9.62. The average molecular weight is 570 g/mol. The Labute approximate surface area is 255 Å². The van der Waals surface area contributed by atoms with Gasteiger partial charge in [0.15, 0.2) is 5.82 Å². The van der Waals surface area contributed by atoms with Crippen molar-refractivity contribution in [2.24, 2.45) is 0 Å². The molecule has 0 saturated heterocycles. The lowest BCUT2D eigenvalue weighted by molar-refractivity contribution is 0.731. The Balaban J connectivity index is 1.29. The van der Waals surface area contributed by atoms with E-state index in [4.69, 9.17) is 4.98 Å². The van der Waals surface area contributed by atoms with E-state index in [2.05, 4.69) is 155 Å². The molecule has 0 radical (unpaired) electrons. The Morgan fingerprint density at radius 2 is 0.953 bits per heavy atom. The molecule has 1 aliphatic heterocycles. The third kappa shape index (κ3) is 4.10. The van der Waals surface area contributed by atoms with E-state index < -0.39 is 5.41 Å². The minimum atomic E-state index is -0.468. The maximum atomic E-state index is 4.84. The molecule has 0 saturated carbocycles. The van der Waals surface area contributed by atoms with Crippen LogP contribution in [-0.4, -0.2) is 9.36 Å². The lowest BCUT2D eigenvalue weighted by Gasteiger charge is -2.46. The molecule has 2 heterocycles. The van der Waals surface area contributed by atoms with Gasteiger partial charge in [0.25, 0.3) is 0 Å². The number of anilines is 3. The Bertz CT molecular complexity index is 1930. The summed E-state index contributed by atoms with van der Waals surface area (Å²) in [4.78, 5) is 7.24. The Morgan fingerprint density at radius 3 is 1.51 bits per heavy atom. The topological polar surface area (TPSA) is 29.0 Å². The van der Waals surface area contributed by atoms with Gasteiger partial charge in [0.2, 0.25) is 0 Å². The van der Waals surface area contributed by atoms with Crippen LogP contribution in [0.5, 0.6) is 0 Å². The summed E-state index contributed by atoms with van der Waals surface area (Å²) in [6.45, 7) is 0. The molecular formula is C39H27N3S. The van der Waals surface area contributed by atoms with Crippen LogP contribution < -0.4 is 4.90 Å². The number of nitrogens with zero attached hydrogens (tertiary/aromatic N) is 3. The molecule has 0 atom stereocenters. The van der Waals surface area contributed by atoms with E-state index in [1.54, 1.807) is 0 Å². The summed E-state index contributed by atoms with van der Waals surface area (Å²) in [5, 5.41) is 0.928. The van der Waals surface area contributed by atoms with Gasteiger partial charge in [0.05, 0.1) is 16.8 Å². The van der Waals surface area contributed by atoms with E-state index in [9.17, 15) is 0 Å². The number of hydrogen-bond donors (Lipinski definition) is 0. The second-order valence-electron chi connectivity index (χ2n) is 10.7. The molecule has 4 heteroatoms. The van der Waals surface area contributed by atoms with Gasteiger partial charge < -0.3 is 4.90 Å². The largest absolute Gasteiger partial charge is 0.310 e. The summed E-state index contributed by atoms with van der Waals surface area (Å²) in [7, 11) is 0. The number of aromatic nitrogens is 2. The quantitative estimate of drug-likeness (QED) is 0.206. The van der Waals surface area contributed by atoms with Crippen molar-refractivity contribution in [1.82, 2.24) is 9.36 Å². The first-order chi connectivity index (χ1) is 21.3. The molecule has 0 bridgehead atoms. The van der Waals surface area contributed by atoms with Gasteiger partial charge in [-0.2, -0.15) is 4.37 Å². The molecule has 0 aliphatic carbocycles. The highest BCUT2D eigenvalue weighted by molar-refractivity contribution is 7.09. The molecular weight excluding hydrogens is 543 g/mol. The van der Waals surface area contributed by atoms with Crippen LogP contribution in [0.1, 0.15) is 22.3 Å². The zero-order chi connectivity index (χ0) is 28.6. The minimum absolute atomic E-state index is 0.468. The highest BCUT2D eigenvalue weighted by atomic mass is 32.1. The van der Waals surface area contributed by atoms with Crippen LogP contribution >= 0.6 is 11.5 Å². The SMILES string of the molecule is c1ccc(-c2nc(-c3ccc(N4c5ccccc5C(c5ccccc5)(c5ccccc5)c5ccccc54)cc3)ns2)cc1. The van der Waals surface area contributed by atoms with Crippen LogP contribution in [0.4, 0.5) is 17.1 Å². The fraction of sp³-hybridized carbons (Fsp3) is 0.0256. The van der Waals surface area contributed by atoms with Gasteiger partial charge >= 0.3 is 0 Å². The van der Waals surface area contributed by atoms with E-state index in [0.717, 1.165) is 27.6 Å². The van der Waals surface area contributed by atoms with Crippen molar-refractivity contribution >= 4 is 28.6 Å². The van der Waals surface area contributed by atoms with E-state index in [0.29, 0.717) is 0 Å². The first-order valence-corrected chi connectivity index (χ1v) is 15.2. The van der Waals surface area contributed by atoms with Crippen molar-refractivity contribution in [1.29, 1.82) is 0 Å². The molecule has 6 aromatic carbocycles. The molecule has 7 aromatic rings. The van der Waals surface area contributed by atoms with Crippen LogP contribution in [0.3, 0.4) is 0 Å². The molecule has 0 fully saturated rings. The molecule has 1 aromatic heterocycles. The molecule has 0 unspecified atom stereocenters. The first kappa shape index (κ1) is 25.4. The maximum Gasteiger partial charge on any atom is 0.173 e. The fourth-order valence-corrected chi connectivity index (χ4v) is 7.18. The molecule has 0 spiro atoms. The summed E-state index contributed by atoms with van der Waals surface area (Å²) in [5.41, 5.74) is 10.1. The molecule has 3 nitrogen and oxygen atoms in total. The van der Waals surface area contributed by atoms with E-state index in [1.165, 1.54) is 45.2 Å². The van der Waals surface area contributed by atoms with Gasteiger partial charge in [-0.05, 0) is 70.2 Å². The number of fused-ring (bicyclic) bond motifs is 2. The third-order valence-electron chi connectivity index (χ3n) is 8.34. The molecule has 1 aliphatic rings. The van der Waals surface area contributed by atoms with Crippen LogP contribution in [0.2, 0.25) is 0 Å². The molecule has 0 N–H and O–H groups in total. The fourth-order valence-electron chi connectivity index (χ4n) is 6.49. The zero-order valence-corrected chi connectivity index (χ0v) is 24.2. The summed E-state index contributed by atoms with van der Waals surface area (Å²) in [5.74, 6) is 0.752. The van der Waals surface area contributed by atoms with Gasteiger partial charge in [-0.1, -0.05) is 127 Å². The lowest BCUT2D eigenvalue weighted by Crippen LogP contribution is -2.37. The predicted molar refractivity (Wildman–Crippen MR) is 177 cm³/mol. The maximum absolute atomic E-state index is 4.84. The number of rotatable bonds is 5. The van der Waals surface area contributed by atoms with Crippen LogP contribution in [-0.2, 0) is 5.41 Å². The van der Waals surface area contributed by atoms with Crippen LogP contribution in [0.15, 0.2) is 164 Å². The summed E-state index contributed by atoms with van der Waals surface area (Å²) >= 11 is 1.44. The van der Waals surface area contributed by atoms with Crippen LogP contribution in [0, 0.1) is 0 Å². The standard InChI is InChI=1S/C39H27N3S/c1-4-14-29(15-5-1)38-40-37(41-43-38)28-24-26-32(27-25-28)42-35-22-12-10-20-33(35)39(30-16-6-2-7-17-30,31-18-8-3-9-19-31)34-21-11-13-23-36(34)42/h1-27H. The van der Waals surface area contributed by atoms with Crippen molar-refractivity contribution in [3.05, 3.63) is 186 Å². The van der Waals surface area contributed by atoms with Gasteiger partial charge in [0, 0.05) is 16.8 Å².